The maximum atomic E-state index is 2.12. The van der Waals surface area contributed by atoms with Crippen molar-refractivity contribution in [1.82, 2.24) is 0 Å². The summed E-state index contributed by atoms with van der Waals surface area (Å²) in [5.41, 5.74) is 0. The van der Waals surface area contributed by atoms with Crippen molar-refractivity contribution in [3.8, 4) is 0 Å². The van der Waals surface area contributed by atoms with E-state index in [1.807, 2.05) is 0 Å². The molecule has 0 spiro atoms. The van der Waals surface area contributed by atoms with Gasteiger partial charge in [0.1, 0.15) is 0 Å². The molecule has 13 heavy (non-hydrogen) atoms. The normalized spacial score (nSPS) is 7.08. The van der Waals surface area contributed by atoms with Crippen LogP contribution in [-0.4, -0.2) is 0 Å². The molecule has 0 aliphatic rings. The zero-order valence-electron chi connectivity index (χ0n) is 6.68. The van der Waals surface area contributed by atoms with Crippen LogP contribution in [0.5, 0.6) is 0 Å². The summed E-state index contributed by atoms with van der Waals surface area (Å²) < 4.78 is 0. The summed E-state index contributed by atoms with van der Waals surface area (Å²) in [6.07, 6.45) is 0. The molecule has 0 bridgehead atoms. The Balaban J connectivity index is -0.000000250. The van der Waals surface area contributed by atoms with Crippen LogP contribution < -0.4 is 14.1 Å². The first kappa shape index (κ1) is 18.3. The summed E-state index contributed by atoms with van der Waals surface area (Å²) in [4.78, 5) is 0. The fourth-order valence-corrected chi connectivity index (χ4v) is 1.07. The Hall–Kier alpha value is -0.497. The molecular weight excluding hydrogens is 256 g/mol. The number of hydrogen-bond donors (Lipinski definition) is 0. The van der Waals surface area contributed by atoms with E-state index in [-0.39, 0.29) is 40.3 Å². The number of halogens is 3. The Kier molecular flexibility index (Phi) is 11.4. The van der Waals surface area contributed by atoms with Gasteiger partial charge < -0.3 is 14.1 Å². The van der Waals surface area contributed by atoms with Crippen LogP contribution in [0, 0.1) is 0 Å². The van der Waals surface area contributed by atoms with Crippen molar-refractivity contribution in [3.63, 3.8) is 0 Å². The largest absolute Gasteiger partial charge is 4.00 e. The standard InChI is InChI=1S/C9H7.3FH.Zr/c1-2-5-9-7-3-6-8(9)4-1;;;;/h1-7H;3*1H;/q-1;;;;+4/p-3. The Morgan fingerprint density at radius 2 is 1.46 bits per heavy atom. The molecule has 2 aromatic carbocycles. The molecule has 0 aromatic heterocycles. The second kappa shape index (κ2) is 8.12. The maximum absolute atomic E-state index is 2.12. The molecule has 0 N–H and O–H groups in total. The zero-order chi connectivity index (χ0) is 6.10. The quantitative estimate of drug-likeness (QED) is 0.415. The molecule has 0 atom stereocenters. The molecule has 0 aliphatic heterocycles. The van der Waals surface area contributed by atoms with Crippen LogP contribution in [0.3, 0.4) is 0 Å². The molecule has 0 radical (unpaired) electrons. The van der Waals surface area contributed by atoms with Gasteiger partial charge in [0.2, 0.25) is 0 Å². The molecule has 0 fully saturated rings. The smallest absolute Gasteiger partial charge is 1.00 e. The average Bonchev–Trinajstić information content (AvgIpc) is 2.33. The van der Waals surface area contributed by atoms with Crippen molar-refractivity contribution in [2.24, 2.45) is 0 Å². The molecule has 2 rings (SSSR count). The fraction of sp³-hybridized carbons (Fsp3) is 0. The minimum atomic E-state index is 0. The maximum Gasteiger partial charge on any atom is 4.00 e. The zero-order valence-corrected chi connectivity index (χ0v) is 9.13. The third-order valence-electron chi connectivity index (χ3n) is 1.55. The van der Waals surface area contributed by atoms with Gasteiger partial charge in [-0.1, -0.05) is 6.07 Å². The second-order valence-corrected chi connectivity index (χ2v) is 2.15. The van der Waals surface area contributed by atoms with Crippen molar-refractivity contribution in [2.45, 2.75) is 0 Å². The predicted molar refractivity (Wildman–Crippen MR) is 39.5 cm³/mol. The summed E-state index contributed by atoms with van der Waals surface area (Å²) in [6.45, 7) is 0. The topological polar surface area (TPSA) is 0 Å². The Morgan fingerprint density at radius 3 is 2.08 bits per heavy atom. The second-order valence-electron chi connectivity index (χ2n) is 2.15. The Bertz CT molecular complexity index is 289. The van der Waals surface area contributed by atoms with E-state index in [1.54, 1.807) is 0 Å². The molecule has 4 heteroatoms. The van der Waals surface area contributed by atoms with Crippen LogP contribution in [0.1, 0.15) is 0 Å². The van der Waals surface area contributed by atoms with Gasteiger partial charge in [-0.25, -0.2) is 0 Å². The van der Waals surface area contributed by atoms with Gasteiger partial charge in [-0.2, -0.15) is 17.5 Å². The van der Waals surface area contributed by atoms with Gasteiger partial charge in [0.25, 0.3) is 0 Å². The molecular formula is C9H7F3Zr. The fourth-order valence-electron chi connectivity index (χ4n) is 1.07. The molecule has 0 aliphatic carbocycles. The van der Waals surface area contributed by atoms with Gasteiger partial charge in [0.15, 0.2) is 0 Å². The summed E-state index contributed by atoms with van der Waals surface area (Å²) in [5, 5.41) is 2.66. The van der Waals surface area contributed by atoms with Crippen LogP contribution in [0.15, 0.2) is 42.5 Å². The summed E-state index contributed by atoms with van der Waals surface area (Å²) in [7, 11) is 0. The van der Waals surface area contributed by atoms with Crippen molar-refractivity contribution >= 4 is 10.8 Å². The number of hydrogen-bond acceptors (Lipinski definition) is 0. The molecule has 0 heterocycles. The van der Waals surface area contributed by atoms with Gasteiger partial charge >= 0.3 is 26.2 Å². The predicted octanol–water partition coefficient (Wildman–Crippen LogP) is -6.43. The van der Waals surface area contributed by atoms with Gasteiger partial charge in [-0.15, -0.1) is 29.7 Å². The molecule has 68 valence electrons. The van der Waals surface area contributed by atoms with E-state index >= 15 is 0 Å². The third kappa shape index (κ3) is 3.81. The molecule has 0 nitrogen and oxygen atoms in total. The van der Waals surface area contributed by atoms with Crippen molar-refractivity contribution < 1.29 is 40.3 Å². The summed E-state index contributed by atoms with van der Waals surface area (Å²) in [6, 6.07) is 14.7. The van der Waals surface area contributed by atoms with Gasteiger partial charge in [-0.3, -0.25) is 0 Å². The molecule has 0 amide bonds. The molecule has 2 aromatic rings. The molecule has 0 unspecified atom stereocenters. The first-order valence-electron chi connectivity index (χ1n) is 3.07. The van der Waals surface area contributed by atoms with Gasteiger partial charge in [-0.05, 0) is 0 Å². The Labute approximate surface area is 93.5 Å². The first-order chi connectivity index (χ1) is 4.47. The molecule has 0 saturated carbocycles. The summed E-state index contributed by atoms with van der Waals surface area (Å²) >= 11 is 0. The number of benzene rings is 1. The van der Waals surface area contributed by atoms with Crippen LogP contribution >= 0.6 is 0 Å². The number of fused-ring (bicyclic) bond motifs is 1. The van der Waals surface area contributed by atoms with Crippen molar-refractivity contribution in [2.75, 3.05) is 0 Å². The van der Waals surface area contributed by atoms with Crippen molar-refractivity contribution in [3.05, 3.63) is 42.5 Å². The van der Waals surface area contributed by atoms with Crippen LogP contribution in [-0.2, 0) is 26.2 Å². The van der Waals surface area contributed by atoms with Crippen LogP contribution in [0.25, 0.3) is 10.8 Å². The third-order valence-corrected chi connectivity index (χ3v) is 1.55. The van der Waals surface area contributed by atoms with Crippen LogP contribution in [0.4, 0.5) is 0 Å². The van der Waals surface area contributed by atoms with E-state index in [0.29, 0.717) is 0 Å². The van der Waals surface area contributed by atoms with E-state index in [2.05, 4.69) is 42.5 Å². The number of rotatable bonds is 0. The van der Waals surface area contributed by atoms with E-state index in [9.17, 15) is 0 Å². The van der Waals surface area contributed by atoms with Crippen molar-refractivity contribution in [1.29, 1.82) is 0 Å². The monoisotopic (exact) mass is 262 g/mol. The van der Waals surface area contributed by atoms with Gasteiger partial charge in [0, 0.05) is 0 Å². The van der Waals surface area contributed by atoms with E-state index in [1.165, 1.54) is 10.8 Å². The van der Waals surface area contributed by atoms with Crippen LogP contribution in [0.2, 0.25) is 0 Å². The van der Waals surface area contributed by atoms with E-state index < -0.39 is 0 Å². The SMILES string of the molecule is [F-].[F-].[F-].[Zr+4].c1ccc2[cH-]ccc2c1. The average molecular weight is 263 g/mol. The van der Waals surface area contributed by atoms with E-state index in [4.69, 9.17) is 0 Å². The Morgan fingerprint density at radius 1 is 0.846 bits per heavy atom. The molecule has 0 saturated heterocycles. The van der Waals surface area contributed by atoms with Gasteiger partial charge in [0.05, 0.1) is 0 Å². The summed E-state index contributed by atoms with van der Waals surface area (Å²) in [5.74, 6) is 0. The minimum Gasteiger partial charge on any atom is -1.00 e. The van der Waals surface area contributed by atoms with E-state index in [0.717, 1.165) is 0 Å². The minimum absolute atomic E-state index is 0. The first-order valence-corrected chi connectivity index (χ1v) is 3.07.